The van der Waals surface area contributed by atoms with Crippen molar-refractivity contribution in [3.63, 3.8) is 0 Å². The SMILES string of the molecule is CC1(C)O[C@H]2[C@H](n3cc(-c4ccccc4)c4cnc(Nc5ccc(Cl)cc5)nc43)OC[C@H]2O1. The Morgan fingerprint density at radius 1 is 1.06 bits per heavy atom. The zero-order valence-corrected chi connectivity index (χ0v) is 19.0. The van der Waals surface area contributed by atoms with Crippen molar-refractivity contribution in [2.75, 3.05) is 11.9 Å². The van der Waals surface area contributed by atoms with Gasteiger partial charge in [0.2, 0.25) is 5.95 Å². The quantitative estimate of drug-likeness (QED) is 0.429. The molecule has 8 heteroatoms. The second kappa shape index (κ2) is 7.81. The van der Waals surface area contributed by atoms with Crippen LogP contribution in [0, 0.1) is 0 Å². The van der Waals surface area contributed by atoms with Gasteiger partial charge in [-0.25, -0.2) is 4.98 Å². The first kappa shape index (κ1) is 20.6. The number of hydrogen-bond donors (Lipinski definition) is 1. The number of benzene rings is 2. The minimum Gasteiger partial charge on any atom is -0.352 e. The van der Waals surface area contributed by atoms with Crippen molar-refractivity contribution in [2.24, 2.45) is 0 Å². The Morgan fingerprint density at radius 3 is 2.64 bits per heavy atom. The first-order valence-corrected chi connectivity index (χ1v) is 11.3. The van der Waals surface area contributed by atoms with Crippen molar-refractivity contribution >= 4 is 34.3 Å². The molecule has 33 heavy (non-hydrogen) atoms. The van der Waals surface area contributed by atoms with Gasteiger partial charge in [0, 0.05) is 34.1 Å². The molecule has 0 saturated carbocycles. The number of fused-ring (bicyclic) bond motifs is 2. The molecule has 0 unspecified atom stereocenters. The molecule has 2 aliphatic rings. The summed E-state index contributed by atoms with van der Waals surface area (Å²) in [4.78, 5) is 9.44. The van der Waals surface area contributed by atoms with Gasteiger partial charge in [-0.2, -0.15) is 4.98 Å². The van der Waals surface area contributed by atoms with Crippen LogP contribution in [0.1, 0.15) is 20.1 Å². The Morgan fingerprint density at radius 2 is 1.85 bits per heavy atom. The van der Waals surface area contributed by atoms with E-state index < -0.39 is 5.79 Å². The van der Waals surface area contributed by atoms with Crippen LogP contribution >= 0.6 is 11.6 Å². The maximum Gasteiger partial charge on any atom is 0.229 e. The zero-order chi connectivity index (χ0) is 22.6. The Labute approximate surface area is 196 Å². The number of rotatable bonds is 4. The van der Waals surface area contributed by atoms with E-state index in [1.807, 2.05) is 67.1 Å². The number of anilines is 2. The zero-order valence-electron chi connectivity index (χ0n) is 18.2. The van der Waals surface area contributed by atoms with Gasteiger partial charge < -0.3 is 24.1 Å². The molecule has 0 amide bonds. The molecular formula is C25H23ClN4O3. The summed E-state index contributed by atoms with van der Waals surface area (Å²) in [6, 6.07) is 17.6. The first-order chi connectivity index (χ1) is 16.0. The minimum atomic E-state index is -0.640. The summed E-state index contributed by atoms with van der Waals surface area (Å²) < 4.78 is 20.4. The van der Waals surface area contributed by atoms with Crippen molar-refractivity contribution in [3.8, 4) is 11.1 Å². The van der Waals surface area contributed by atoms with Gasteiger partial charge in [0.05, 0.1) is 6.61 Å². The van der Waals surface area contributed by atoms with Crippen LogP contribution in [0.5, 0.6) is 0 Å². The third kappa shape index (κ3) is 3.77. The number of ether oxygens (including phenoxy) is 3. The lowest BCUT2D eigenvalue weighted by Crippen LogP contribution is -2.27. The molecule has 7 nitrogen and oxygen atoms in total. The normalized spacial score (nSPS) is 23.7. The monoisotopic (exact) mass is 462 g/mol. The van der Waals surface area contributed by atoms with Crippen molar-refractivity contribution < 1.29 is 14.2 Å². The molecule has 168 valence electrons. The number of halogens is 1. The van der Waals surface area contributed by atoms with Crippen molar-refractivity contribution in [1.82, 2.24) is 14.5 Å². The Balaban J connectivity index is 1.45. The van der Waals surface area contributed by atoms with Crippen molar-refractivity contribution in [1.29, 1.82) is 0 Å². The van der Waals surface area contributed by atoms with E-state index in [1.165, 1.54) is 0 Å². The summed E-state index contributed by atoms with van der Waals surface area (Å²) in [6.45, 7) is 4.34. The fourth-order valence-electron chi connectivity index (χ4n) is 4.55. The number of nitrogens with zero attached hydrogens (tertiary/aromatic N) is 3. The summed E-state index contributed by atoms with van der Waals surface area (Å²) in [5.41, 5.74) is 3.74. The molecule has 2 aliphatic heterocycles. The molecule has 6 rings (SSSR count). The third-order valence-electron chi connectivity index (χ3n) is 5.96. The lowest BCUT2D eigenvalue weighted by Gasteiger charge is -2.23. The van der Waals surface area contributed by atoms with Crippen LogP contribution in [0.25, 0.3) is 22.2 Å². The van der Waals surface area contributed by atoms with E-state index in [-0.39, 0.29) is 18.4 Å². The molecule has 2 saturated heterocycles. The average molecular weight is 463 g/mol. The minimum absolute atomic E-state index is 0.115. The predicted octanol–water partition coefficient (Wildman–Crippen LogP) is 5.54. The van der Waals surface area contributed by atoms with Crippen LogP contribution in [0.2, 0.25) is 5.02 Å². The second-order valence-corrected chi connectivity index (χ2v) is 9.18. The number of aromatic nitrogens is 3. The van der Waals surface area contributed by atoms with E-state index >= 15 is 0 Å². The molecule has 3 atom stereocenters. The highest BCUT2D eigenvalue weighted by Crippen LogP contribution is 2.42. The smallest absolute Gasteiger partial charge is 0.229 e. The summed E-state index contributed by atoms with van der Waals surface area (Å²) in [5, 5.41) is 4.87. The molecule has 0 bridgehead atoms. The van der Waals surface area contributed by atoms with Crippen LogP contribution in [-0.2, 0) is 14.2 Å². The highest BCUT2D eigenvalue weighted by atomic mass is 35.5. The lowest BCUT2D eigenvalue weighted by molar-refractivity contribution is -0.183. The van der Waals surface area contributed by atoms with Gasteiger partial charge in [-0.05, 0) is 43.7 Å². The number of hydrogen-bond acceptors (Lipinski definition) is 6. The summed E-state index contributed by atoms with van der Waals surface area (Å²) in [6.07, 6.45) is 3.23. The molecule has 0 spiro atoms. The van der Waals surface area contributed by atoms with Gasteiger partial charge in [-0.1, -0.05) is 41.9 Å². The second-order valence-electron chi connectivity index (χ2n) is 8.74. The number of nitrogens with one attached hydrogen (secondary N) is 1. The van der Waals surface area contributed by atoms with Gasteiger partial charge in [0.25, 0.3) is 0 Å². The van der Waals surface area contributed by atoms with E-state index in [0.717, 1.165) is 27.8 Å². The fraction of sp³-hybridized carbons (Fsp3) is 0.280. The van der Waals surface area contributed by atoms with Gasteiger partial charge in [-0.15, -0.1) is 0 Å². The maximum absolute atomic E-state index is 6.20. The third-order valence-corrected chi connectivity index (χ3v) is 6.22. The van der Waals surface area contributed by atoms with Crippen LogP contribution in [0.15, 0.2) is 67.0 Å². The van der Waals surface area contributed by atoms with E-state index in [0.29, 0.717) is 17.6 Å². The largest absolute Gasteiger partial charge is 0.352 e. The van der Waals surface area contributed by atoms with Gasteiger partial charge in [-0.3, -0.25) is 0 Å². The molecule has 2 fully saturated rings. The Kier molecular flexibility index (Phi) is 4.88. The highest BCUT2D eigenvalue weighted by Gasteiger charge is 2.51. The van der Waals surface area contributed by atoms with Crippen molar-refractivity contribution in [3.05, 3.63) is 72.0 Å². The standard InChI is InChI=1S/C25H23ClN4O3/c1-25(2)32-20-14-31-23(21(20)33-25)30-13-19(15-6-4-3-5-7-15)18-12-27-24(29-22(18)30)28-17-10-8-16(26)9-11-17/h3-13,20-21,23H,14H2,1-2H3,(H,27,28,29)/t20-,21-,23-/m1/s1. The van der Waals surface area contributed by atoms with Crippen LogP contribution < -0.4 is 5.32 Å². The van der Waals surface area contributed by atoms with Crippen LogP contribution in [0.3, 0.4) is 0 Å². The topological polar surface area (TPSA) is 70.4 Å². The maximum atomic E-state index is 6.20. The molecule has 4 aromatic rings. The summed E-state index contributed by atoms with van der Waals surface area (Å²) >= 11 is 6.01. The molecule has 0 radical (unpaired) electrons. The van der Waals surface area contributed by atoms with Gasteiger partial charge in [0.1, 0.15) is 17.9 Å². The predicted molar refractivity (Wildman–Crippen MR) is 127 cm³/mol. The van der Waals surface area contributed by atoms with E-state index in [1.54, 1.807) is 0 Å². The first-order valence-electron chi connectivity index (χ1n) is 10.9. The fourth-order valence-corrected chi connectivity index (χ4v) is 4.68. The Hall–Kier alpha value is -2.97. The van der Waals surface area contributed by atoms with Crippen molar-refractivity contribution in [2.45, 2.75) is 38.1 Å². The van der Waals surface area contributed by atoms with Crippen LogP contribution in [0.4, 0.5) is 11.6 Å². The van der Waals surface area contributed by atoms with E-state index in [2.05, 4.69) is 28.6 Å². The van der Waals surface area contributed by atoms with E-state index in [9.17, 15) is 0 Å². The lowest BCUT2D eigenvalue weighted by atomic mass is 10.1. The van der Waals surface area contributed by atoms with Gasteiger partial charge in [0.15, 0.2) is 12.0 Å². The Bertz CT molecular complexity index is 1310. The average Bonchev–Trinajstić information content (AvgIpc) is 3.45. The molecule has 2 aromatic heterocycles. The highest BCUT2D eigenvalue weighted by molar-refractivity contribution is 6.30. The molecule has 4 heterocycles. The molecule has 1 N–H and O–H groups in total. The summed E-state index contributed by atoms with van der Waals surface area (Å²) in [7, 11) is 0. The van der Waals surface area contributed by atoms with Crippen LogP contribution in [-0.4, -0.2) is 39.1 Å². The molecule has 2 aromatic carbocycles. The molecular weight excluding hydrogens is 440 g/mol. The molecule has 0 aliphatic carbocycles. The van der Waals surface area contributed by atoms with E-state index in [4.69, 9.17) is 30.8 Å². The summed E-state index contributed by atoms with van der Waals surface area (Å²) in [5.74, 6) is -0.152. The van der Waals surface area contributed by atoms with Gasteiger partial charge >= 0.3 is 0 Å².